The van der Waals surface area contributed by atoms with E-state index in [1.807, 2.05) is 0 Å². The second-order valence-corrected chi connectivity index (χ2v) is 8.92. The lowest BCUT2D eigenvalue weighted by Crippen LogP contribution is -2.27. The first kappa shape index (κ1) is 31.8. The Morgan fingerprint density at radius 3 is 1.59 bits per heavy atom. The van der Waals surface area contributed by atoms with Crippen molar-refractivity contribution in [3.63, 3.8) is 0 Å². The van der Waals surface area contributed by atoms with Crippen LogP contribution < -0.4 is 0 Å². The van der Waals surface area contributed by atoms with E-state index in [0.717, 1.165) is 25.7 Å². The summed E-state index contributed by atoms with van der Waals surface area (Å²) >= 11 is 0. The van der Waals surface area contributed by atoms with Gasteiger partial charge in [-0.25, -0.2) is 9.78 Å². The Morgan fingerprint density at radius 2 is 1.06 bits per heavy atom. The van der Waals surface area contributed by atoms with Gasteiger partial charge in [-0.3, -0.25) is 0 Å². The summed E-state index contributed by atoms with van der Waals surface area (Å²) in [5.41, 5.74) is 0. The summed E-state index contributed by atoms with van der Waals surface area (Å²) in [6, 6.07) is 0. The molecule has 0 rings (SSSR count). The van der Waals surface area contributed by atoms with Crippen LogP contribution in [-0.2, 0) is 19.2 Å². The van der Waals surface area contributed by atoms with E-state index in [9.17, 15) is 10.2 Å². The fourth-order valence-electron chi connectivity index (χ4n) is 3.46. The number of aliphatic hydroxyl groups excluding tert-OH is 2. The topological polar surface area (TPSA) is 77.4 Å². The zero-order valence-corrected chi connectivity index (χ0v) is 21.2. The van der Waals surface area contributed by atoms with Gasteiger partial charge in [0.15, 0.2) is 0 Å². The van der Waals surface area contributed by atoms with E-state index < -0.39 is 12.2 Å². The van der Waals surface area contributed by atoms with Crippen LogP contribution in [0.3, 0.4) is 0 Å². The molecule has 194 valence electrons. The molecule has 0 aromatic rings. The van der Waals surface area contributed by atoms with Crippen molar-refractivity contribution in [3.8, 4) is 0 Å². The molecule has 6 nitrogen and oxygen atoms in total. The fourth-order valence-corrected chi connectivity index (χ4v) is 3.46. The van der Waals surface area contributed by atoms with Crippen molar-refractivity contribution in [2.75, 3.05) is 39.6 Å². The summed E-state index contributed by atoms with van der Waals surface area (Å²) in [4.78, 5) is 10.1. The molecule has 0 aliphatic carbocycles. The lowest BCUT2D eigenvalue weighted by molar-refractivity contribution is -0.319. The zero-order valence-electron chi connectivity index (χ0n) is 21.2. The molecule has 0 heterocycles. The Bertz CT molecular complexity index is 342. The molecule has 2 unspecified atom stereocenters. The van der Waals surface area contributed by atoms with E-state index in [-0.39, 0.29) is 26.4 Å². The molecule has 32 heavy (non-hydrogen) atoms. The SMILES string of the molecule is CCCCCCCCCCCCCCCCOC(CO)COOCC(O)COCCCC. The van der Waals surface area contributed by atoms with Gasteiger partial charge < -0.3 is 19.7 Å². The highest BCUT2D eigenvalue weighted by molar-refractivity contribution is 4.54. The summed E-state index contributed by atoms with van der Waals surface area (Å²) in [6.07, 6.45) is 19.6. The quantitative estimate of drug-likeness (QED) is 0.0889. The van der Waals surface area contributed by atoms with Crippen LogP contribution >= 0.6 is 0 Å². The monoisotopic (exact) mass is 462 g/mol. The molecule has 0 aromatic heterocycles. The van der Waals surface area contributed by atoms with E-state index in [1.165, 1.54) is 77.0 Å². The highest BCUT2D eigenvalue weighted by atomic mass is 17.2. The third kappa shape index (κ3) is 24.4. The summed E-state index contributed by atoms with van der Waals surface area (Å²) in [6.45, 7) is 5.96. The summed E-state index contributed by atoms with van der Waals surface area (Å²) < 4.78 is 11.0. The van der Waals surface area contributed by atoms with Crippen molar-refractivity contribution < 1.29 is 29.5 Å². The number of hydrogen-bond donors (Lipinski definition) is 2. The predicted octanol–water partition coefficient (Wildman–Crippen LogP) is 5.97. The Balaban J connectivity index is 3.34. The number of rotatable bonds is 27. The molecule has 0 saturated carbocycles. The van der Waals surface area contributed by atoms with Crippen molar-refractivity contribution in [1.82, 2.24) is 0 Å². The minimum Gasteiger partial charge on any atom is -0.394 e. The van der Waals surface area contributed by atoms with E-state index >= 15 is 0 Å². The molecule has 0 radical (unpaired) electrons. The zero-order chi connectivity index (χ0) is 23.5. The third-order valence-electron chi connectivity index (χ3n) is 5.61. The molecular weight excluding hydrogens is 408 g/mol. The van der Waals surface area contributed by atoms with Crippen LogP contribution in [0.5, 0.6) is 0 Å². The molecule has 0 aliphatic heterocycles. The number of aliphatic hydroxyl groups is 2. The van der Waals surface area contributed by atoms with Gasteiger partial charge in [-0.2, -0.15) is 0 Å². The largest absolute Gasteiger partial charge is 0.394 e. The minimum absolute atomic E-state index is 0.0449. The van der Waals surface area contributed by atoms with Crippen LogP contribution in [0.2, 0.25) is 0 Å². The van der Waals surface area contributed by atoms with Crippen molar-refractivity contribution in [1.29, 1.82) is 0 Å². The fraction of sp³-hybridized carbons (Fsp3) is 1.00. The van der Waals surface area contributed by atoms with Gasteiger partial charge in [0.05, 0.1) is 13.2 Å². The molecule has 0 aromatic carbocycles. The second-order valence-electron chi connectivity index (χ2n) is 8.92. The summed E-state index contributed by atoms with van der Waals surface area (Å²) in [5.74, 6) is 0. The normalized spacial score (nSPS) is 13.5. The Hall–Kier alpha value is -0.240. The molecule has 0 amide bonds. The van der Waals surface area contributed by atoms with Crippen molar-refractivity contribution >= 4 is 0 Å². The van der Waals surface area contributed by atoms with Gasteiger partial charge in [0, 0.05) is 13.2 Å². The predicted molar refractivity (Wildman–Crippen MR) is 131 cm³/mol. The van der Waals surface area contributed by atoms with Gasteiger partial charge >= 0.3 is 0 Å². The third-order valence-corrected chi connectivity index (χ3v) is 5.61. The molecule has 0 saturated heterocycles. The van der Waals surface area contributed by atoms with Crippen LogP contribution in [0.4, 0.5) is 0 Å². The molecule has 6 heteroatoms. The van der Waals surface area contributed by atoms with Gasteiger partial charge in [-0.05, 0) is 12.8 Å². The lowest BCUT2D eigenvalue weighted by atomic mass is 10.0. The maximum absolute atomic E-state index is 9.71. The number of ether oxygens (including phenoxy) is 2. The summed E-state index contributed by atoms with van der Waals surface area (Å²) in [7, 11) is 0. The van der Waals surface area contributed by atoms with Gasteiger partial charge in [0.2, 0.25) is 0 Å². The maximum Gasteiger partial charge on any atom is 0.111 e. The molecule has 2 atom stereocenters. The molecule has 2 N–H and O–H groups in total. The maximum atomic E-state index is 9.71. The van der Waals surface area contributed by atoms with Crippen LogP contribution in [-0.4, -0.2) is 62.1 Å². The Labute approximate surface area is 198 Å². The van der Waals surface area contributed by atoms with Crippen LogP contribution in [0.15, 0.2) is 0 Å². The number of unbranched alkanes of at least 4 members (excludes halogenated alkanes) is 14. The van der Waals surface area contributed by atoms with Crippen LogP contribution in [0, 0.1) is 0 Å². The molecule has 0 bridgehead atoms. The van der Waals surface area contributed by atoms with Gasteiger partial charge in [-0.1, -0.05) is 104 Å². The van der Waals surface area contributed by atoms with Crippen molar-refractivity contribution in [2.24, 2.45) is 0 Å². The molecule has 0 spiro atoms. The van der Waals surface area contributed by atoms with Gasteiger partial charge in [-0.15, -0.1) is 0 Å². The van der Waals surface area contributed by atoms with Gasteiger partial charge in [0.1, 0.15) is 25.4 Å². The first-order chi connectivity index (χ1) is 15.7. The summed E-state index contributed by atoms with van der Waals surface area (Å²) in [5, 5.41) is 19.1. The first-order valence-corrected chi connectivity index (χ1v) is 13.5. The van der Waals surface area contributed by atoms with E-state index in [0.29, 0.717) is 13.2 Å². The van der Waals surface area contributed by atoms with Crippen molar-refractivity contribution in [2.45, 2.75) is 129 Å². The molecular formula is C26H54O6. The first-order valence-electron chi connectivity index (χ1n) is 13.5. The van der Waals surface area contributed by atoms with Crippen LogP contribution in [0.1, 0.15) is 117 Å². The number of hydrogen-bond acceptors (Lipinski definition) is 6. The average molecular weight is 463 g/mol. The van der Waals surface area contributed by atoms with E-state index in [2.05, 4.69) is 13.8 Å². The average Bonchev–Trinajstić information content (AvgIpc) is 2.80. The van der Waals surface area contributed by atoms with E-state index in [1.54, 1.807) is 0 Å². The van der Waals surface area contributed by atoms with Gasteiger partial charge in [0.25, 0.3) is 0 Å². The Morgan fingerprint density at radius 1 is 0.562 bits per heavy atom. The highest BCUT2D eigenvalue weighted by Gasteiger charge is 2.10. The minimum atomic E-state index is -0.712. The second kappa shape index (κ2) is 27.0. The van der Waals surface area contributed by atoms with E-state index in [4.69, 9.17) is 19.2 Å². The van der Waals surface area contributed by atoms with Crippen molar-refractivity contribution in [3.05, 3.63) is 0 Å². The molecule has 0 aliphatic rings. The smallest absolute Gasteiger partial charge is 0.111 e. The highest BCUT2D eigenvalue weighted by Crippen LogP contribution is 2.13. The molecule has 0 fully saturated rings. The Kier molecular flexibility index (Phi) is 26.8. The van der Waals surface area contributed by atoms with Crippen LogP contribution in [0.25, 0.3) is 0 Å². The standard InChI is InChI=1S/C26H54O6/c1-3-5-7-8-9-10-11-12-13-14-15-16-17-18-20-30-26(21-27)24-32-31-23-25(28)22-29-19-6-4-2/h25-28H,3-24H2,1-2H3. The lowest BCUT2D eigenvalue weighted by Gasteiger charge is -2.16.